The van der Waals surface area contributed by atoms with Crippen molar-refractivity contribution in [3.8, 4) is 5.69 Å². The largest absolute Gasteiger partial charge is 0.431 e. The Hall–Kier alpha value is -2.55. The van der Waals surface area contributed by atoms with E-state index in [0.29, 0.717) is 20.8 Å². The molecule has 0 bridgehead atoms. The van der Waals surface area contributed by atoms with E-state index in [1.807, 2.05) is 20.8 Å². The van der Waals surface area contributed by atoms with E-state index in [9.17, 15) is 27.6 Å². The van der Waals surface area contributed by atoms with Gasteiger partial charge in [0.05, 0.1) is 16.3 Å². The minimum absolute atomic E-state index is 0.0406. The van der Waals surface area contributed by atoms with Gasteiger partial charge >= 0.3 is 11.9 Å². The van der Waals surface area contributed by atoms with Crippen molar-refractivity contribution in [2.75, 3.05) is 0 Å². The minimum atomic E-state index is -4.85. The monoisotopic (exact) mass is 415 g/mol. The van der Waals surface area contributed by atoms with Crippen molar-refractivity contribution in [1.29, 1.82) is 0 Å². The first-order valence-corrected chi connectivity index (χ1v) is 8.67. The second-order valence-electron chi connectivity index (χ2n) is 7.52. The number of aromatic nitrogens is 2. The van der Waals surface area contributed by atoms with Crippen LogP contribution in [0.1, 0.15) is 42.4 Å². The second kappa shape index (κ2) is 6.23. The number of amides is 1. The van der Waals surface area contributed by atoms with Gasteiger partial charge in [-0.05, 0) is 32.9 Å². The molecule has 1 aliphatic heterocycles. The van der Waals surface area contributed by atoms with Crippen molar-refractivity contribution < 1.29 is 18.0 Å². The van der Waals surface area contributed by atoms with Crippen LogP contribution in [-0.4, -0.2) is 25.5 Å². The fraction of sp³-hybridized carbons (Fsp3) is 0.389. The third kappa shape index (κ3) is 3.03. The molecule has 10 heteroatoms. The minimum Gasteiger partial charge on any atom is -0.329 e. The van der Waals surface area contributed by atoms with Gasteiger partial charge in [-0.2, -0.15) is 13.2 Å². The van der Waals surface area contributed by atoms with E-state index >= 15 is 0 Å². The van der Waals surface area contributed by atoms with Crippen molar-refractivity contribution in [2.45, 2.75) is 39.0 Å². The lowest BCUT2D eigenvalue weighted by Crippen LogP contribution is -2.42. The maximum Gasteiger partial charge on any atom is 0.431 e. The first-order valence-electron chi connectivity index (χ1n) is 8.29. The van der Waals surface area contributed by atoms with E-state index in [-0.39, 0.29) is 28.7 Å². The highest BCUT2D eigenvalue weighted by molar-refractivity contribution is 6.34. The second-order valence-corrected chi connectivity index (χ2v) is 7.93. The van der Waals surface area contributed by atoms with Gasteiger partial charge in [-0.1, -0.05) is 11.6 Å². The summed E-state index contributed by atoms with van der Waals surface area (Å²) >= 11 is 6.17. The molecular formula is C18H17ClF3N3O3. The van der Waals surface area contributed by atoms with Crippen molar-refractivity contribution in [3.63, 3.8) is 0 Å². The smallest absolute Gasteiger partial charge is 0.329 e. The molecule has 150 valence electrons. The fourth-order valence-corrected chi connectivity index (χ4v) is 3.49. The molecule has 1 aliphatic rings. The number of alkyl halides is 3. The molecule has 1 aromatic carbocycles. The third-order valence-corrected chi connectivity index (χ3v) is 4.99. The van der Waals surface area contributed by atoms with E-state index in [0.717, 1.165) is 7.05 Å². The van der Waals surface area contributed by atoms with Crippen LogP contribution >= 0.6 is 11.6 Å². The van der Waals surface area contributed by atoms with Crippen LogP contribution in [0.15, 0.2) is 27.8 Å². The summed E-state index contributed by atoms with van der Waals surface area (Å²) in [4.78, 5) is 39.3. The maximum absolute atomic E-state index is 13.1. The van der Waals surface area contributed by atoms with Crippen LogP contribution < -0.4 is 11.2 Å². The topological polar surface area (TPSA) is 64.3 Å². The summed E-state index contributed by atoms with van der Waals surface area (Å²) in [6.07, 6.45) is -4.85. The molecule has 6 nitrogen and oxygen atoms in total. The number of carbonyl (C=O) groups is 1. The Labute approximate surface area is 162 Å². The molecular weight excluding hydrogens is 399 g/mol. The number of halogens is 4. The average molecular weight is 416 g/mol. The molecule has 0 aliphatic carbocycles. The van der Waals surface area contributed by atoms with E-state index < -0.39 is 28.7 Å². The third-order valence-electron chi connectivity index (χ3n) is 4.67. The zero-order valence-corrected chi connectivity index (χ0v) is 16.3. The maximum atomic E-state index is 13.1. The van der Waals surface area contributed by atoms with Crippen LogP contribution in [0.2, 0.25) is 5.02 Å². The summed E-state index contributed by atoms with van der Waals surface area (Å²) in [6.45, 7) is 5.51. The van der Waals surface area contributed by atoms with Crippen molar-refractivity contribution in [3.05, 3.63) is 60.9 Å². The Morgan fingerprint density at radius 3 is 2.21 bits per heavy atom. The van der Waals surface area contributed by atoms with E-state index in [2.05, 4.69) is 0 Å². The van der Waals surface area contributed by atoms with E-state index in [1.54, 1.807) is 0 Å². The number of fused-ring (bicyclic) bond motifs is 1. The summed E-state index contributed by atoms with van der Waals surface area (Å²) in [5.41, 5.74) is -3.70. The van der Waals surface area contributed by atoms with Crippen LogP contribution in [0.4, 0.5) is 13.2 Å². The molecule has 1 amide bonds. The molecule has 0 saturated heterocycles. The fourth-order valence-electron chi connectivity index (χ4n) is 3.24. The van der Waals surface area contributed by atoms with Crippen LogP contribution in [0.5, 0.6) is 0 Å². The number of hydrogen-bond acceptors (Lipinski definition) is 3. The zero-order chi connectivity index (χ0) is 21.2. The number of benzene rings is 1. The van der Waals surface area contributed by atoms with E-state index in [1.165, 1.54) is 17.0 Å². The summed E-state index contributed by atoms with van der Waals surface area (Å²) in [5.74, 6) is -0.369. The Balaban J connectivity index is 2.31. The van der Waals surface area contributed by atoms with Gasteiger partial charge in [-0.25, -0.2) is 9.36 Å². The number of rotatable bonds is 1. The highest BCUT2D eigenvalue weighted by atomic mass is 35.5. The van der Waals surface area contributed by atoms with Crippen LogP contribution in [0.25, 0.3) is 5.69 Å². The SMILES string of the molecule is Cn1c(C(F)(F)F)cc(=O)n(-c2ccc(Cl)c3c2CN(C(C)(C)C)C3=O)c1=O. The first kappa shape index (κ1) is 20.2. The molecule has 0 saturated carbocycles. The molecule has 1 aromatic heterocycles. The van der Waals surface area contributed by atoms with Gasteiger partial charge in [-0.15, -0.1) is 0 Å². The predicted molar refractivity (Wildman–Crippen MR) is 96.9 cm³/mol. The summed E-state index contributed by atoms with van der Waals surface area (Å²) in [7, 11) is 0.934. The summed E-state index contributed by atoms with van der Waals surface area (Å²) in [6, 6.07) is 3.07. The Kier molecular flexibility index (Phi) is 4.49. The standard InChI is InChI=1S/C18H17ClF3N3O3/c1-17(2,3)24-8-9-11(6-5-10(19)14(9)15(24)27)25-13(26)7-12(18(20,21)22)23(4)16(25)28/h5-7H,8H2,1-4H3. The van der Waals surface area contributed by atoms with Crippen molar-refractivity contribution in [1.82, 2.24) is 14.0 Å². The molecule has 0 fully saturated rings. The Morgan fingerprint density at radius 2 is 1.68 bits per heavy atom. The molecule has 0 unspecified atom stereocenters. The highest BCUT2D eigenvalue weighted by Crippen LogP contribution is 2.36. The average Bonchev–Trinajstić information content (AvgIpc) is 2.90. The van der Waals surface area contributed by atoms with Gasteiger partial charge in [0.15, 0.2) is 0 Å². The van der Waals surface area contributed by atoms with Gasteiger partial charge in [0.2, 0.25) is 0 Å². The van der Waals surface area contributed by atoms with Gasteiger partial charge in [-0.3, -0.25) is 14.2 Å². The molecule has 0 radical (unpaired) electrons. The number of nitrogens with zero attached hydrogens (tertiary/aromatic N) is 3. The molecule has 2 heterocycles. The zero-order valence-electron chi connectivity index (χ0n) is 15.5. The van der Waals surface area contributed by atoms with Gasteiger partial charge in [0, 0.05) is 30.8 Å². The Morgan fingerprint density at radius 1 is 1.07 bits per heavy atom. The molecule has 2 aromatic rings. The molecule has 3 rings (SSSR count). The Bertz CT molecular complexity index is 1110. The molecule has 0 N–H and O–H groups in total. The van der Waals surface area contributed by atoms with Crippen molar-refractivity contribution in [2.24, 2.45) is 7.05 Å². The summed E-state index contributed by atoms with van der Waals surface area (Å²) < 4.78 is 40.2. The molecule has 0 spiro atoms. The van der Waals surface area contributed by atoms with Crippen molar-refractivity contribution >= 4 is 17.5 Å². The lowest BCUT2D eigenvalue weighted by atomic mass is 10.1. The lowest BCUT2D eigenvalue weighted by molar-refractivity contribution is -0.144. The summed E-state index contributed by atoms with van der Waals surface area (Å²) in [5, 5.41) is 0.146. The van der Waals surface area contributed by atoms with Gasteiger partial charge in [0.25, 0.3) is 11.5 Å². The van der Waals surface area contributed by atoms with Gasteiger partial charge < -0.3 is 4.90 Å². The quantitative estimate of drug-likeness (QED) is 0.719. The van der Waals surface area contributed by atoms with E-state index in [4.69, 9.17) is 11.6 Å². The van der Waals surface area contributed by atoms with Crippen LogP contribution in [-0.2, 0) is 19.8 Å². The molecule has 0 atom stereocenters. The highest BCUT2D eigenvalue weighted by Gasteiger charge is 2.39. The normalized spacial score (nSPS) is 14.6. The van der Waals surface area contributed by atoms with Crippen LogP contribution in [0, 0.1) is 0 Å². The number of hydrogen-bond donors (Lipinski definition) is 0. The first-order chi connectivity index (χ1) is 12.7. The van der Waals surface area contributed by atoms with Crippen LogP contribution in [0.3, 0.4) is 0 Å². The van der Waals surface area contributed by atoms with Gasteiger partial charge in [0.1, 0.15) is 5.69 Å². The lowest BCUT2D eigenvalue weighted by Gasteiger charge is -2.31. The molecule has 28 heavy (non-hydrogen) atoms. The predicted octanol–water partition coefficient (Wildman–Crippen LogP) is 2.96. The number of carbonyl (C=O) groups excluding carboxylic acids is 1.